The van der Waals surface area contributed by atoms with E-state index in [0.717, 1.165) is 34.1 Å². The molecular weight excluding hydrogens is 244 g/mol. The highest BCUT2D eigenvalue weighted by Gasteiger charge is 2.12. The Bertz CT molecular complexity index is 509. The van der Waals surface area contributed by atoms with Crippen LogP contribution < -0.4 is 5.32 Å². The number of aryl methyl sites for hydroxylation is 1. The van der Waals surface area contributed by atoms with Crippen molar-refractivity contribution in [1.29, 1.82) is 0 Å². The van der Waals surface area contributed by atoms with E-state index in [1.165, 1.54) is 0 Å². The van der Waals surface area contributed by atoms with E-state index in [2.05, 4.69) is 40.4 Å². The third kappa shape index (κ3) is 3.11. The van der Waals surface area contributed by atoms with Crippen LogP contribution in [0.4, 0.5) is 0 Å². The van der Waals surface area contributed by atoms with Crippen LogP contribution in [0.1, 0.15) is 36.9 Å². The molecule has 4 nitrogen and oxygen atoms in total. The third-order valence-corrected chi connectivity index (χ3v) is 3.79. The van der Waals surface area contributed by atoms with Crippen molar-refractivity contribution >= 4 is 11.3 Å². The zero-order valence-corrected chi connectivity index (χ0v) is 11.8. The zero-order valence-electron chi connectivity index (χ0n) is 11.0. The van der Waals surface area contributed by atoms with E-state index in [0.29, 0.717) is 0 Å². The summed E-state index contributed by atoms with van der Waals surface area (Å²) in [4.78, 5) is 4.19. The van der Waals surface area contributed by atoms with Crippen molar-refractivity contribution in [3.05, 3.63) is 29.0 Å². The minimum absolute atomic E-state index is 0.258. The largest absolute Gasteiger partial charge is 0.308 e. The Morgan fingerprint density at radius 2 is 2.17 bits per heavy atom. The van der Waals surface area contributed by atoms with Gasteiger partial charge in [0, 0.05) is 18.0 Å². The maximum absolute atomic E-state index is 4.25. The molecule has 0 saturated carbocycles. The van der Waals surface area contributed by atoms with Gasteiger partial charge >= 0.3 is 0 Å². The first-order valence-electron chi connectivity index (χ1n) is 6.19. The molecule has 2 rings (SSSR count). The summed E-state index contributed by atoms with van der Waals surface area (Å²) in [6, 6.07) is 2.34. The molecule has 0 aliphatic rings. The van der Waals surface area contributed by atoms with Crippen molar-refractivity contribution in [1.82, 2.24) is 20.5 Å². The molecule has 18 heavy (non-hydrogen) atoms. The molecular formula is C13H18N4S. The SMILES string of the molecule is CCCNC(C)c1nnc(-c2cncc(C)c2)s1. The zero-order chi connectivity index (χ0) is 13.0. The maximum atomic E-state index is 4.25. The standard InChI is InChI=1S/C13H18N4S/c1-4-5-15-10(3)12-16-17-13(18-12)11-6-9(2)7-14-8-11/h6-8,10,15H,4-5H2,1-3H3. The minimum Gasteiger partial charge on any atom is -0.308 e. The normalized spacial score (nSPS) is 12.6. The van der Waals surface area contributed by atoms with Crippen LogP contribution >= 0.6 is 11.3 Å². The van der Waals surface area contributed by atoms with Gasteiger partial charge in [-0.25, -0.2) is 0 Å². The lowest BCUT2D eigenvalue weighted by Crippen LogP contribution is -2.18. The van der Waals surface area contributed by atoms with Crippen molar-refractivity contribution in [2.45, 2.75) is 33.2 Å². The number of hydrogen-bond donors (Lipinski definition) is 1. The van der Waals surface area contributed by atoms with Crippen molar-refractivity contribution < 1.29 is 0 Å². The number of nitrogens with one attached hydrogen (secondary N) is 1. The molecule has 0 aliphatic heterocycles. The first kappa shape index (κ1) is 13.1. The molecule has 0 radical (unpaired) electrons. The van der Waals surface area contributed by atoms with Crippen LogP contribution in [0.2, 0.25) is 0 Å². The van der Waals surface area contributed by atoms with Crippen LogP contribution in [0, 0.1) is 6.92 Å². The molecule has 2 aromatic heterocycles. The summed E-state index contributed by atoms with van der Waals surface area (Å²) in [5, 5.41) is 13.9. The molecule has 96 valence electrons. The van der Waals surface area contributed by atoms with Crippen molar-refractivity contribution in [2.75, 3.05) is 6.54 Å². The lowest BCUT2D eigenvalue weighted by molar-refractivity contribution is 0.564. The molecule has 0 bridgehead atoms. The number of hydrogen-bond acceptors (Lipinski definition) is 5. The smallest absolute Gasteiger partial charge is 0.149 e. The van der Waals surface area contributed by atoms with Crippen LogP contribution in [0.15, 0.2) is 18.5 Å². The average Bonchev–Trinajstić information content (AvgIpc) is 2.85. The molecule has 1 N–H and O–H groups in total. The molecule has 0 amide bonds. The topological polar surface area (TPSA) is 50.7 Å². The van der Waals surface area contributed by atoms with Gasteiger partial charge in [0.1, 0.15) is 10.0 Å². The number of pyridine rings is 1. The molecule has 2 aromatic rings. The Labute approximate surface area is 111 Å². The van der Waals surface area contributed by atoms with Gasteiger partial charge in [-0.3, -0.25) is 4.98 Å². The fraction of sp³-hybridized carbons (Fsp3) is 0.462. The van der Waals surface area contributed by atoms with Gasteiger partial charge in [-0.05, 0) is 38.4 Å². The van der Waals surface area contributed by atoms with E-state index >= 15 is 0 Å². The second-order valence-electron chi connectivity index (χ2n) is 4.37. The molecule has 2 heterocycles. The predicted octanol–water partition coefficient (Wildman–Crippen LogP) is 2.97. The third-order valence-electron chi connectivity index (χ3n) is 2.63. The van der Waals surface area contributed by atoms with Gasteiger partial charge < -0.3 is 5.32 Å². The monoisotopic (exact) mass is 262 g/mol. The number of rotatable bonds is 5. The molecule has 0 aliphatic carbocycles. The summed E-state index contributed by atoms with van der Waals surface area (Å²) in [7, 11) is 0. The summed E-state index contributed by atoms with van der Waals surface area (Å²) < 4.78 is 0. The van der Waals surface area contributed by atoms with Crippen LogP contribution in [0.3, 0.4) is 0 Å². The summed E-state index contributed by atoms with van der Waals surface area (Å²) in [6.45, 7) is 7.31. The lowest BCUT2D eigenvalue weighted by Gasteiger charge is -2.08. The molecule has 0 aromatic carbocycles. The van der Waals surface area contributed by atoms with Gasteiger partial charge in [0.15, 0.2) is 0 Å². The highest BCUT2D eigenvalue weighted by Crippen LogP contribution is 2.26. The molecule has 0 fully saturated rings. The van der Waals surface area contributed by atoms with Crippen LogP contribution in [0.25, 0.3) is 10.6 Å². The Balaban J connectivity index is 2.15. The first-order valence-corrected chi connectivity index (χ1v) is 7.01. The molecule has 0 spiro atoms. The van der Waals surface area contributed by atoms with E-state index in [1.54, 1.807) is 11.3 Å². The summed E-state index contributed by atoms with van der Waals surface area (Å²) >= 11 is 1.63. The average molecular weight is 262 g/mol. The minimum atomic E-state index is 0.258. The van der Waals surface area contributed by atoms with Gasteiger partial charge in [0.2, 0.25) is 0 Å². The van der Waals surface area contributed by atoms with E-state index in [-0.39, 0.29) is 6.04 Å². The molecule has 1 unspecified atom stereocenters. The van der Waals surface area contributed by atoms with Gasteiger partial charge in [-0.2, -0.15) is 0 Å². The highest BCUT2D eigenvalue weighted by molar-refractivity contribution is 7.14. The second-order valence-corrected chi connectivity index (χ2v) is 5.38. The van der Waals surface area contributed by atoms with Crippen molar-refractivity contribution in [2.24, 2.45) is 0 Å². The number of aromatic nitrogens is 3. The summed E-state index contributed by atoms with van der Waals surface area (Å²) in [6.07, 6.45) is 4.80. The van der Waals surface area contributed by atoms with Gasteiger partial charge in [0.05, 0.1) is 6.04 Å². The van der Waals surface area contributed by atoms with Crippen LogP contribution in [-0.2, 0) is 0 Å². The Kier molecular flexibility index (Phi) is 4.38. The van der Waals surface area contributed by atoms with E-state index in [1.807, 2.05) is 19.3 Å². The van der Waals surface area contributed by atoms with Gasteiger partial charge in [-0.15, -0.1) is 10.2 Å². The van der Waals surface area contributed by atoms with Crippen molar-refractivity contribution in [3.63, 3.8) is 0 Å². The predicted molar refractivity (Wildman–Crippen MR) is 74.6 cm³/mol. The molecule has 1 atom stereocenters. The van der Waals surface area contributed by atoms with Crippen LogP contribution in [-0.4, -0.2) is 21.7 Å². The fourth-order valence-electron chi connectivity index (χ4n) is 1.65. The Morgan fingerprint density at radius 1 is 1.33 bits per heavy atom. The van der Waals surface area contributed by atoms with E-state index < -0.39 is 0 Å². The quantitative estimate of drug-likeness (QED) is 0.900. The molecule has 0 saturated heterocycles. The van der Waals surface area contributed by atoms with Gasteiger partial charge in [-0.1, -0.05) is 18.3 Å². The summed E-state index contributed by atoms with van der Waals surface area (Å²) in [5.74, 6) is 0. The second kappa shape index (κ2) is 6.02. The Hall–Kier alpha value is -1.33. The first-order chi connectivity index (χ1) is 8.70. The van der Waals surface area contributed by atoms with E-state index in [9.17, 15) is 0 Å². The van der Waals surface area contributed by atoms with Gasteiger partial charge in [0.25, 0.3) is 0 Å². The molecule has 5 heteroatoms. The lowest BCUT2D eigenvalue weighted by atomic mass is 10.2. The number of nitrogens with zero attached hydrogens (tertiary/aromatic N) is 3. The highest BCUT2D eigenvalue weighted by atomic mass is 32.1. The maximum Gasteiger partial charge on any atom is 0.149 e. The van der Waals surface area contributed by atoms with Crippen LogP contribution in [0.5, 0.6) is 0 Å². The summed E-state index contributed by atoms with van der Waals surface area (Å²) in [5.41, 5.74) is 2.18. The van der Waals surface area contributed by atoms with E-state index in [4.69, 9.17) is 0 Å². The van der Waals surface area contributed by atoms with Crippen molar-refractivity contribution in [3.8, 4) is 10.6 Å². The Morgan fingerprint density at radius 3 is 2.89 bits per heavy atom. The fourth-order valence-corrected chi connectivity index (χ4v) is 2.50.